The molecule has 0 radical (unpaired) electrons. The van der Waals surface area contributed by atoms with Crippen LogP contribution in [0.15, 0.2) is 41.5 Å². The molecular weight excluding hydrogens is 335 g/mol. The van der Waals surface area contributed by atoms with Crippen LogP contribution in [0.25, 0.3) is 0 Å². The average molecular weight is 351 g/mol. The first-order valence-electron chi connectivity index (χ1n) is 6.93. The number of benzene rings is 2. The molecule has 4 nitrogen and oxygen atoms in total. The molecule has 0 spiro atoms. The van der Waals surface area contributed by atoms with Gasteiger partial charge in [-0.25, -0.2) is 5.43 Å². The fourth-order valence-electron chi connectivity index (χ4n) is 1.84. The van der Waals surface area contributed by atoms with E-state index in [2.05, 4.69) is 10.5 Å². The Kier molecular flexibility index (Phi) is 6.02. The number of amides is 1. The maximum absolute atomic E-state index is 11.7. The highest BCUT2D eigenvalue weighted by Crippen LogP contribution is 2.20. The van der Waals surface area contributed by atoms with Crippen molar-refractivity contribution in [1.29, 1.82) is 0 Å². The molecule has 6 heteroatoms. The third-order valence-electron chi connectivity index (χ3n) is 3.27. The number of nitrogens with zero attached hydrogens (tertiary/aromatic N) is 1. The SMILES string of the molecule is Cc1cccc(OCC(=O)N/N=C/c2ccc(Cl)cc2Cl)c1C. The summed E-state index contributed by atoms with van der Waals surface area (Å²) >= 11 is 11.8. The van der Waals surface area contributed by atoms with Crippen LogP contribution in [0.3, 0.4) is 0 Å². The first kappa shape index (κ1) is 17.3. The first-order valence-corrected chi connectivity index (χ1v) is 7.69. The van der Waals surface area contributed by atoms with Crippen LogP contribution in [-0.4, -0.2) is 18.7 Å². The molecule has 0 saturated heterocycles. The zero-order valence-electron chi connectivity index (χ0n) is 12.8. The van der Waals surface area contributed by atoms with Gasteiger partial charge in [0.15, 0.2) is 6.61 Å². The van der Waals surface area contributed by atoms with Gasteiger partial charge in [-0.1, -0.05) is 41.4 Å². The number of carbonyl (C=O) groups excluding carboxylic acids is 1. The molecule has 0 unspecified atom stereocenters. The van der Waals surface area contributed by atoms with Crippen molar-refractivity contribution in [3.8, 4) is 5.75 Å². The molecule has 0 heterocycles. The highest BCUT2D eigenvalue weighted by Gasteiger charge is 2.05. The van der Waals surface area contributed by atoms with Crippen molar-refractivity contribution in [1.82, 2.24) is 5.43 Å². The molecule has 0 saturated carbocycles. The molecule has 2 aromatic carbocycles. The molecular formula is C17H16Cl2N2O2. The minimum absolute atomic E-state index is 0.115. The molecule has 2 aromatic rings. The number of hydrogen-bond acceptors (Lipinski definition) is 3. The lowest BCUT2D eigenvalue weighted by Crippen LogP contribution is -2.24. The second kappa shape index (κ2) is 7.99. The summed E-state index contributed by atoms with van der Waals surface area (Å²) in [6.45, 7) is 3.82. The fourth-order valence-corrected chi connectivity index (χ4v) is 2.29. The zero-order valence-corrected chi connectivity index (χ0v) is 14.3. The van der Waals surface area contributed by atoms with Crippen molar-refractivity contribution in [3.63, 3.8) is 0 Å². The molecule has 0 aliphatic heterocycles. The number of halogens is 2. The van der Waals surface area contributed by atoms with E-state index >= 15 is 0 Å². The number of hydrogen-bond donors (Lipinski definition) is 1. The van der Waals surface area contributed by atoms with Crippen molar-refractivity contribution in [2.24, 2.45) is 5.10 Å². The molecule has 0 bridgehead atoms. The van der Waals surface area contributed by atoms with Gasteiger partial charge in [-0.05, 0) is 43.2 Å². The highest BCUT2D eigenvalue weighted by molar-refractivity contribution is 6.36. The third-order valence-corrected chi connectivity index (χ3v) is 3.83. The van der Waals surface area contributed by atoms with Gasteiger partial charge in [0.25, 0.3) is 5.91 Å². The summed E-state index contributed by atoms with van der Waals surface area (Å²) in [5, 5.41) is 4.85. The van der Waals surface area contributed by atoms with Crippen LogP contribution in [0.2, 0.25) is 10.0 Å². The van der Waals surface area contributed by atoms with Crippen LogP contribution >= 0.6 is 23.2 Å². The van der Waals surface area contributed by atoms with Gasteiger partial charge in [-0.3, -0.25) is 4.79 Å². The van der Waals surface area contributed by atoms with Crippen molar-refractivity contribution in [2.45, 2.75) is 13.8 Å². The Morgan fingerprint density at radius 2 is 2.04 bits per heavy atom. The summed E-state index contributed by atoms with van der Waals surface area (Å²) in [7, 11) is 0. The monoisotopic (exact) mass is 350 g/mol. The number of ether oxygens (including phenoxy) is 1. The predicted molar refractivity (Wildman–Crippen MR) is 93.6 cm³/mol. The van der Waals surface area contributed by atoms with Crippen LogP contribution in [0.4, 0.5) is 0 Å². The van der Waals surface area contributed by atoms with Crippen molar-refractivity contribution < 1.29 is 9.53 Å². The van der Waals surface area contributed by atoms with Crippen LogP contribution < -0.4 is 10.2 Å². The normalized spacial score (nSPS) is 10.8. The van der Waals surface area contributed by atoms with Gasteiger partial charge in [0, 0.05) is 10.6 Å². The molecule has 0 aromatic heterocycles. The van der Waals surface area contributed by atoms with Gasteiger partial charge < -0.3 is 4.74 Å². The highest BCUT2D eigenvalue weighted by atomic mass is 35.5. The Balaban J connectivity index is 1.87. The molecule has 1 N–H and O–H groups in total. The lowest BCUT2D eigenvalue weighted by atomic mass is 10.1. The Morgan fingerprint density at radius 3 is 2.78 bits per heavy atom. The van der Waals surface area contributed by atoms with Gasteiger partial charge in [0.1, 0.15) is 5.75 Å². The molecule has 0 aliphatic rings. The standard InChI is InChI=1S/C17H16Cl2N2O2/c1-11-4-3-5-16(12(11)2)23-10-17(22)21-20-9-13-6-7-14(18)8-15(13)19/h3-9H,10H2,1-2H3,(H,21,22)/b20-9+. The van der Waals surface area contributed by atoms with Crippen molar-refractivity contribution >= 4 is 35.3 Å². The topological polar surface area (TPSA) is 50.7 Å². The molecule has 0 atom stereocenters. The minimum atomic E-state index is -0.354. The smallest absolute Gasteiger partial charge is 0.277 e. The summed E-state index contributed by atoms with van der Waals surface area (Å²) in [6, 6.07) is 10.7. The Hall–Kier alpha value is -2.04. The maximum Gasteiger partial charge on any atom is 0.277 e. The quantitative estimate of drug-likeness (QED) is 0.650. The molecule has 120 valence electrons. The van der Waals surface area contributed by atoms with Gasteiger partial charge in [0.05, 0.1) is 11.2 Å². The number of aryl methyl sites for hydroxylation is 1. The summed E-state index contributed by atoms with van der Waals surface area (Å²) < 4.78 is 5.49. The van der Waals surface area contributed by atoms with Gasteiger partial charge >= 0.3 is 0 Å². The average Bonchev–Trinajstić information content (AvgIpc) is 2.51. The zero-order chi connectivity index (χ0) is 16.8. The van der Waals surface area contributed by atoms with Gasteiger partial charge in [-0.15, -0.1) is 0 Å². The van der Waals surface area contributed by atoms with E-state index in [1.54, 1.807) is 18.2 Å². The van der Waals surface area contributed by atoms with E-state index in [1.807, 2.05) is 32.0 Å². The minimum Gasteiger partial charge on any atom is -0.483 e. The molecule has 0 aliphatic carbocycles. The van der Waals surface area contributed by atoms with Crippen LogP contribution in [-0.2, 0) is 4.79 Å². The number of rotatable bonds is 5. The maximum atomic E-state index is 11.7. The summed E-state index contributed by atoms with van der Waals surface area (Å²) in [4.78, 5) is 11.7. The van der Waals surface area contributed by atoms with E-state index in [1.165, 1.54) is 6.21 Å². The van der Waals surface area contributed by atoms with Crippen LogP contribution in [0.1, 0.15) is 16.7 Å². The third kappa shape index (κ3) is 4.98. The van der Waals surface area contributed by atoms with Gasteiger partial charge in [0.2, 0.25) is 0 Å². The second-order valence-electron chi connectivity index (χ2n) is 4.95. The van der Waals surface area contributed by atoms with Crippen LogP contribution in [0, 0.1) is 13.8 Å². The van der Waals surface area contributed by atoms with Gasteiger partial charge in [-0.2, -0.15) is 5.10 Å². The van der Waals surface area contributed by atoms with E-state index in [0.29, 0.717) is 21.4 Å². The van der Waals surface area contributed by atoms with Crippen molar-refractivity contribution in [3.05, 3.63) is 63.1 Å². The summed E-state index contributed by atoms with van der Waals surface area (Å²) in [5.74, 6) is 0.331. The summed E-state index contributed by atoms with van der Waals surface area (Å²) in [6.07, 6.45) is 1.45. The molecule has 2 rings (SSSR count). The number of nitrogens with one attached hydrogen (secondary N) is 1. The molecule has 0 fully saturated rings. The molecule has 1 amide bonds. The predicted octanol–water partition coefficient (Wildman–Crippen LogP) is 4.14. The lowest BCUT2D eigenvalue weighted by Gasteiger charge is -2.09. The number of carbonyl (C=O) groups is 1. The second-order valence-corrected chi connectivity index (χ2v) is 5.79. The van der Waals surface area contributed by atoms with E-state index in [0.717, 1.165) is 11.1 Å². The summed E-state index contributed by atoms with van der Waals surface area (Å²) in [5.41, 5.74) is 5.17. The number of hydrazone groups is 1. The van der Waals surface area contributed by atoms with Crippen LogP contribution in [0.5, 0.6) is 5.75 Å². The Labute approximate surface area is 145 Å². The first-order chi connectivity index (χ1) is 11.0. The van der Waals surface area contributed by atoms with Crippen molar-refractivity contribution in [2.75, 3.05) is 6.61 Å². The molecule has 23 heavy (non-hydrogen) atoms. The van der Waals surface area contributed by atoms with E-state index in [4.69, 9.17) is 27.9 Å². The van der Waals surface area contributed by atoms with E-state index < -0.39 is 0 Å². The Morgan fingerprint density at radius 1 is 1.26 bits per heavy atom. The largest absolute Gasteiger partial charge is 0.483 e. The Bertz CT molecular complexity index is 745. The lowest BCUT2D eigenvalue weighted by molar-refractivity contribution is -0.123. The van der Waals surface area contributed by atoms with E-state index in [9.17, 15) is 4.79 Å². The van der Waals surface area contributed by atoms with E-state index in [-0.39, 0.29) is 12.5 Å². The fraction of sp³-hybridized carbons (Fsp3) is 0.176.